The van der Waals surface area contributed by atoms with Gasteiger partial charge in [-0.2, -0.15) is 4.31 Å². The summed E-state index contributed by atoms with van der Waals surface area (Å²) in [6.07, 6.45) is 0. The van der Waals surface area contributed by atoms with E-state index in [9.17, 15) is 12.8 Å². The molecule has 134 valence electrons. The predicted molar refractivity (Wildman–Crippen MR) is 93.7 cm³/mol. The van der Waals surface area contributed by atoms with Crippen molar-refractivity contribution in [3.8, 4) is 0 Å². The molecular formula is C16H20FN5O2S. The summed E-state index contributed by atoms with van der Waals surface area (Å²) >= 11 is 0. The molecule has 1 aliphatic rings. The zero-order valence-electron chi connectivity index (χ0n) is 14.1. The van der Waals surface area contributed by atoms with Gasteiger partial charge >= 0.3 is 0 Å². The van der Waals surface area contributed by atoms with Crippen LogP contribution in [0.5, 0.6) is 0 Å². The third-order valence-corrected chi connectivity index (χ3v) is 5.99. The molecule has 7 nitrogen and oxygen atoms in total. The van der Waals surface area contributed by atoms with Gasteiger partial charge in [0.2, 0.25) is 10.0 Å². The summed E-state index contributed by atoms with van der Waals surface area (Å²) in [4.78, 5) is 3.83. The van der Waals surface area contributed by atoms with Crippen LogP contribution in [0, 0.1) is 5.82 Å². The smallest absolute Gasteiger partial charge is 0.243 e. The van der Waals surface area contributed by atoms with Crippen LogP contribution in [-0.4, -0.2) is 63.2 Å². The second-order valence-electron chi connectivity index (χ2n) is 5.99. The van der Waals surface area contributed by atoms with E-state index >= 15 is 0 Å². The van der Waals surface area contributed by atoms with Gasteiger partial charge in [0, 0.05) is 40.3 Å². The van der Waals surface area contributed by atoms with Crippen LogP contribution in [0.25, 0.3) is 0 Å². The van der Waals surface area contributed by atoms with E-state index in [-0.39, 0.29) is 4.90 Å². The van der Waals surface area contributed by atoms with Gasteiger partial charge in [0.15, 0.2) is 11.6 Å². The first-order chi connectivity index (χ1) is 11.9. The molecular weight excluding hydrogens is 345 g/mol. The first-order valence-corrected chi connectivity index (χ1v) is 9.33. The predicted octanol–water partition coefficient (Wildman–Crippen LogP) is 1.19. The molecule has 0 bridgehead atoms. The minimum Gasteiger partial charge on any atom is -0.361 e. The molecule has 1 aliphatic heterocycles. The molecule has 9 heteroatoms. The van der Waals surface area contributed by atoms with E-state index in [4.69, 9.17) is 0 Å². The Morgan fingerprint density at radius 2 is 1.76 bits per heavy atom. The number of halogens is 1. The number of hydrogen-bond acceptors (Lipinski definition) is 6. The summed E-state index contributed by atoms with van der Waals surface area (Å²) in [6.45, 7) is 1.64. The minimum atomic E-state index is -3.68. The number of hydrogen-bond donors (Lipinski definition) is 0. The lowest BCUT2D eigenvalue weighted by Gasteiger charge is -2.34. The van der Waals surface area contributed by atoms with E-state index in [2.05, 4.69) is 10.2 Å². The Labute approximate surface area is 146 Å². The molecule has 0 N–H and O–H groups in total. The van der Waals surface area contributed by atoms with Crippen LogP contribution in [0.2, 0.25) is 0 Å². The number of piperazine rings is 1. The van der Waals surface area contributed by atoms with Crippen molar-refractivity contribution in [2.75, 3.05) is 50.1 Å². The van der Waals surface area contributed by atoms with E-state index < -0.39 is 15.8 Å². The van der Waals surface area contributed by atoms with E-state index in [1.54, 1.807) is 0 Å². The van der Waals surface area contributed by atoms with Gasteiger partial charge in [-0.05, 0) is 30.3 Å². The Kier molecular flexibility index (Phi) is 4.87. The maximum atomic E-state index is 13.3. The first-order valence-electron chi connectivity index (χ1n) is 7.89. The lowest BCUT2D eigenvalue weighted by atomic mass is 10.3. The SMILES string of the molecule is CN(C)c1ccc(N2CCN(S(=O)(=O)c3cccc(F)c3)CC2)nn1. The van der Waals surface area contributed by atoms with E-state index in [0.717, 1.165) is 11.9 Å². The number of rotatable bonds is 4. The zero-order valence-corrected chi connectivity index (χ0v) is 14.9. The normalized spacial score (nSPS) is 16.0. The highest BCUT2D eigenvalue weighted by molar-refractivity contribution is 7.89. The molecule has 1 aromatic heterocycles. The van der Waals surface area contributed by atoms with Gasteiger partial charge < -0.3 is 9.80 Å². The highest BCUT2D eigenvalue weighted by Gasteiger charge is 2.29. The van der Waals surface area contributed by atoms with Gasteiger partial charge in [-0.25, -0.2) is 12.8 Å². The fraction of sp³-hybridized carbons (Fsp3) is 0.375. The Morgan fingerprint density at radius 1 is 1.04 bits per heavy atom. The summed E-state index contributed by atoms with van der Waals surface area (Å²) in [5.41, 5.74) is 0. The lowest BCUT2D eigenvalue weighted by molar-refractivity contribution is 0.383. The first kappa shape index (κ1) is 17.6. The number of nitrogens with zero attached hydrogens (tertiary/aromatic N) is 5. The third-order valence-electron chi connectivity index (χ3n) is 4.09. The molecule has 2 aromatic rings. The van der Waals surface area contributed by atoms with E-state index in [0.29, 0.717) is 32.0 Å². The van der Waals surface area contributed by atoms with Crippen LogP contribution in [0.4, 0.5) is 16.0 Å². The molecule has 0 atom stereocenters. The Hall–Kier alpha value is -2.26. The Bertz CT molecular complexity index is 834. The van der Waals surface area contributed by atoms with Crippen LogP contribution in [0.15, 0.2) is 41.3 Å². The average molecular weight is 365 g/mol. The maximum absolute atomic E-state index is 13.3. The van der Waals surface area contributed by atoms with Crippen LogP contribution in [0.1, 0.15) is 0 Å². The largest absolute Gasteiger partial charge is 0.361 e. The second-order valence-corrected chi connectivity index (χ2v) is 7.93. The molecule has 0 saturated carbocycles. The zero-order chi connectivity index (χ0) is 18.0. The molecule has 0 unspecified atom stereocenters. The molecule has 0 spiro atoms. The average Bonchev–Trinajstić information content (AvgIpc) is 2.62. The van der Waals surface area contributed by atoms with Crippen LogP contribution in [-0.2, 0) is 10.0 Å². The molecule has 2 heterocycles. The fourth-order valence-corrected chi connectivity index (χ4v) is 4.11. The fourth-order valence-electron chi connectivity index (χ4n) is 2.66. The van der Waals surface area contributed by atoms with Gasteiger partial charge in [-0.1, -0.05) is 6.07 Å². The van der Waals surface area contributed by atoms with Crippen LogP contribution >= 0.6 is 0 Å². The van der Waals surface area contributed by atoms with Gasteiger partial charge in [-0.15, -0.1) is 10.2 Å². The Morgan fingerprint density at radius 3 is 2.32 bits per heavy atom. The molecule has 25 heavy (non-hydrogen) atoms. The standard InChI is InChI=1S/C16H20FN5O2S/c1-20(2)15-6-7-16(19-18-15)21-8-10-22(11-9-21)25(23,24)14-5-3-4-13(17)12-14/h3-7,12H,8-11H2,1-2H3. The summed E-state index contributed by atoms with van der Waals surface area (Å²) in [6, 6.07) is 8.84. The monoisotopic (exact) mass is 365 g/mol. The summed E-state index contributed by atoms with van der Waals surface area (Å²) in [5.74, 6) is 0.917. The lowest BCUT2D eigenvalue weighted by Crippen LogP contribution is -2.49. The van der Waals surface area contributed by atoms with E-state index in [1.807, 2.05) is 36.0 Å². The van der Waals surface area contributed by atoms with Gasteiger partial charge in [0.1, 0.15) is 5.82 Å². The van der Waals surface area contributed by atoms with Crippen molar-refractivity contribution >= 4 is 21.7 Å². The van der Waals surface area contributed by atoms with Crippen molar-refractivity contribution in [2.45, 2.75) is 4.90 Å². The molecule has 0 amide bonds. The topological polar surface area (TPSA) is 69.6 Å². The van der Waals surface area contributed by atoms with Crippen molar-refractivity contribution in [2.24, 2.45) is 0 Å². The Balaban J connectivity index is 1.69. The molecule has 1 saturated heterocycles. The van der Waals surface area contributed by atoms with Crippen LogP contribution < -0.4 is 9.80 Å². The minimum absolute atomic E-state index is 0.0175. The summed E-state index contributed by atoms with van der Waals surface area (Å²) < 4.78 is 39.9. The van der Waals surface area contributed by atoms with Crippen molar-refractivity contribution in [3.05, 3.63) is 42.2 Å². The highest BCUT2D eigenvalue weighted by Crippen LogP contribution is 2.21. The van der Waals surface area contributed by atoms with E-state index in [1.165, 1.54) is 22.5 Å². The third kappa shape index (κ3) is 3.72. The highest BCUT2D eigenvalue weighted by atomic mass is 32.2. The second kappa shape index (κ2) is 6.93. The number of benzene rings is 1. The van der Waals surface area contributed by atoms with Gasteiger partial charge in [0.25, 0.3) is 0 Å². The maximum Gasteiger partial charge on any atom is 0.243 e. The number of sulfonamides is 1. The molecule has 3 rings (SSSR count). The summed E-state index contributed by atoms with van der Waals surface area (Å²) in [7, 11) is 0.0931. The van der Waals surface area contributed by atoms with Crippen LogP contribution in [0.3, 0.4) is 0 Å². The summed E-state index contributed by atoms with van der Waals surface area (Å²) in [5, 5.41) is 8.34. The molecule has 1 aromatic carbocycles. The van der Waals surface area contributed by atoms with Gasteiger partial charge in [-0.3, -0.25) is 0 Å². The quantitative estimate of drug-likeness (QED) is 0.811. The van der Waals surface area contributed by atoms with Crippen molar-refractivity contribution < 1.29 is 12.8 Å². The molecule has 1 fully saturated rings. The van der Waals surface area contributed by atoms with Gasteiger partial charge in [0.05, 0.1) is 4.90 Å². The molecule has 0 aliphatic carbocycles. The van der Waals surface area contributed by atoms with Crippen molar-refractivity contribution in [3.63, 3.8) is 0 Å². The number of aromatic nitrogens is 2. The number of anilines is 2. The molecule has 0 radical (unpaired) electrons. The van der Waals surface area contributed by atoms with Crippen molar-refractivity contribution in [1.82, 2.24) is 14.5 Å². The van der Waals surface area contributed by atoms with Crippen molar-refractivity contribution in [1.29, 1.82) is 0 Å².